The molecule has 6 nitrogen and oxygen atoms in total. The highest BCUT2D eigenvalue weighted by Gasteiger charge is 2.27. The van der Waals surface area contributed by atoms with Gasteiger partial charge in [-0.05, 0) is 25.8 Å². The van der Waals surface area contributed by atoms with Crippen LogP contribution >= 0.6 is 0 Å². The molecular weight excluding hydrogens is 258 g/mol. The molecule has 0 aliphatic heterocycles. The molecule has 0 saturated heterocycles. The lowest BCUT2D eigenvalue weighted by Crippen LogP contribution is -2.36. The number of nitrogens with zero attached hydrogens (tertiary/aromatic N) is 2. The summed E-state index contributed by atoms with van der Waals surface area (Å²) in [5.41, 5.74) is -0.287. The first-order valence-electron chi connectivity index (χ1n) is 7.08. The minimum Gasteiger partial charge on any atom is -0.388 e. The van der Waals surface area contributed by atoms with Gasteiger partial charge in [-0.3, -0.25) is 10.1 Å². The fourth-order valence-corrected chi connectivity index (χ4v) is 2.66. The molecule has 0 spiro atoms. The van der Waals surface area contributed by atoms with Gasteiger partial charge in [0.25, 0.3) is 5.69 Å². The SMILES string of the molecule is Cc1nc(NCC2(O)CCCCCC2)ccc1[N+](=O)[O-]. The van der Waals surface area contributed by atoms with E-state index in [4.69, 9.17) is 0 Å². The van der Waals surface area contributed by atoms with Crippen molar-refractivity contribution < 1.29 is 10.0 Å². The second-order valence-corrected chi connectivity index (χ2v) is 5.55. The third-order valence-electron chi connectivity index (χ3n) is 3.89. The van der Waals surface area contributed by atoms with Crippen molar-refractivity contribution in [3.8, 4) is 0 Å². The van der Waals surface area contributed by atoms with E-state index in [1.54, 1.807) is 13.0 Å². The Morgan fingerprint density at radius 2 is 2.00 bits per heavy atom. The molecule has 0 radical (unpaired) electrons. The minimum atomic E-state index is -0.687. The Bertz CT molecular complexity index is 483. The van der Waals surface area contributed by atoms with Gasteiger partial charge in [0.05, 0.1) is 10.5 Å². The first-order chi connectivity index (χ1) is 9.50. The number of aromatic nitrogens is 1. The van der Waals surface area contributed by atoms with Crippen LogP contribution in [0.2, 0.25) is 0 Å². The summed E-state index contributed by atoms with van der Waals surface area (Å²) >= 11 is 0. The van der Waals surface area contributed by atoms with Gasteiger partial charge >= 0.3 is 0 Å². The number of pyridine rings is 1. The van der Waals surface area contributed by atoms with Crippen LogP contribution in [0, 0.1) is 17.0 Å². The van der Waals surface area contributed by atoms with Crippen LogP contribution in [0.5, 0.6) is 0 Å². The van der Waals surface area contributed by atoms with Crippen LogP contribution in [-0.4, -0.2) is 27.2 Å². The van der Waals surface area contributed by atoms with Gasteiger partial charge in [0, 0.05) is 12.6 Å². The largest absolute Gasteiger partial charge is 0.388 e. The molecule has 2 rings (SSSR count). The summed E-state index contributed by atoms with van der Waals surface area (Å²) in [5, 5.41) is 24.4. The van der Waals surface area contributed by atoms with Crippen LogP contribution in [0.25, 0.3) is 0 Å². The van der Waals surface area contributed by atoms with Gasteiger partial charge in [0.1, 0.15) is 11.5 Å². The topological polar surface area (TPSA) is 88.3 Å². The molecule has 6 heteroatoms. The Kier molecular flexibility index (Phi) is 4.54. The number of anilines is 1. The summed E-state index contributed by atoms with van der Waals surface area (Å²) in [4.78, 5) is 14.5. The van der Waals surface area contributed by atoms with E-state index in [9.17, 15) is 15.2 Å². The van der Waals surface area contributed by atoms with Crippen molar-refractivity contribution in [3.05, 3.63) is 27.9 Å². The van der Waals surface area contributed by atoms with Gasteiger partial charge < -0.3 is 10.4 Å². The van der Waals surface area contributed by atoms with E-state index in [1.807, 2.05) is 0 Å². The van der Waals surface area contributed by atoms with Crippen LogP contribution < -0.4 is 5.32 Å². The Labute approximate surface area is 118 Å². The Morgan fingerprint density at radius 3 is 2.55 bits per heavy atom. The number of nitro groups is 1. The van der Waals surface area contributed by atoms with Gasteiger partial charge in [-0.1, -0.05) is 25.7 Å². The van der Waals surface area contributed by atoms with E-state index in [0.29, 0.717) is 18.1 Å². The fourth-order valence-electron chi connectivity index (χ4n) is 2.66. The lowest BCUT2D eigenvalue weighted by Gasteiger charge is -2.27. The van der Waals surface area contributed by atoms with E-state index in [2.05, 4.69) is 10.3 Å². The number of hydrogen-bond acceptors (Lipinski definition) is 5. The number of aliphatic hydroxyl groups is 1. The second-order valence-electron chi connectivity index (χ2n) is 5.55. The average Bonchev–Trinajstić information content (AvgIpc) is 2.61. The molecule has 20 heavy (non-hydrogen) atoms. The Balaban J connectivity index is 1.99. The van der Waals surface area contributed by atoms with Gasteiger partial charge in [-0.15, -0.1) is 0 Å². The minimum absolute atomic E-state index is 0.0173. The molecule has 110 valence electrons. The fraction of sp³-hybridized carbons (Fsp3) is 0.643. The van der Waals surface area contributed by atoms with Gasteiger partial charge in [-0.2, -0.15) is 0 Å². The number of hydrogen-bond donors (Lipinski definition) is 2. The highest BCUT2D eigenvalue weighted by molar-refractivity contribution is 5.45. The summed E-state index contributed by atoms with van der Waals surface area (Å²) in [6, 6.07) is 3.03. The third kappa shape index (κ3) is 3.66. The quantitative estimate of drug-likeness (QED) is 0.502. The summed E-state index contributed by atoms with van der Waals surface area (Å²) < 4.78 is 0. The lowest BCUT2D eigenvalue weighted by molar-refractivity contribution is -0.385. The van der Waals surface area contributed by atoms with Crippen molar-refractivity contribution in [2.75, 3.05) is 11.9 Å². The van der Waals surface area contributed by atoms with E-state index in [-0.39, 0.29) is 5.69 Å². The van der Waals surface area contributed by atoms with Crippen molar-refractivity contribution in [3.63, 3.8) is 0 Å². The molecule has 1 aromatic heterocycles. The van der Waals surface area contributed by atoms with Crippen LogP contribution in [-0.2, 0) is 0 Å². The third-order valence-corrected chi connectivity index (χ3v) is 3.89. The Hall–Kier alpha value is -1.69. The molecular formula is C14H21N3O3. The van der Waals surface area contributed by atoms with Crippen molar-refractivity contribution in [2.45, 2.75) is 51.0 Å². The summed E-state index contributed by atoms with van der Waals surface area (Å²) in [5.74, 6) is 0.575. The molecule has 0 bridgehead atoms. The van der Waals surface area contributed by atoms with Crippen molar-refractivity contribution in [1.82, 2.24) is 4.98 Å². The molecule has 1 fully saturated rings. The first kappa shape index (κ1) is 14.7. The number of aryl methyl sites for hydroxylation is 1. The van der Waals surface area contributed by atoms with Gasteiger partial charge in [0.2, 0.25) is 0 Å². The van der Waals surface area contributed by atoms with E-state index >= 15 is 0 Å². The summed E-state index contributed by atoms with van der Waals surface area (Å²) in [6.45, 7) is 2.06. The highest BCUT2D eigenvalue weighted by Crippen LogP contribution is 2.27. The maximum absolute atomic E-state index is 10.7. The molecule has 0 atom stereocenters. The van der Waals surface area contributed by atoms with E-state index in [1.165, 1.54) is 18.9 Å². The van der Waals surface area contributed by atoms with Crippen LogP contribution in [0.15, 0.2) is 12.1 Å². The zero-order chi connectivity index (χ0) is 14.6. The molecule has 2 N–H and O–H groups in total. The summed E-state index contributed by atoms with van der Waals surface area (Å²) in [7, 11) is 0. The standard InChI is InChI=1S/C14H21N3O3/c1-11-12(17(19)20)6-7-13(16-11)15-10-14(18)8-4-2-3-5-9-14/h6-7,18H,2-5,8-10H2,1H3,(H,15,16). The normalized spacial score (nSPS) is 18.3. The zero-order valence-electron chi connectivity index (χ0n) is 11.8. The maximum Gasteiger partial charge on any atom is 0.290 e. The second kappa shape index (κ2) is 6.17. The predicted octanol–water partition coefficient (Wildman–Crippen LogP) is 2.80. The van der Waals surface area contributed by atoms with E-state index < -0.39 is 10.5 Å². The first-order valence-corrected chi connectivity index (χ1v) is 7.08. The maximum atomic E-state index is 10.7. The summed E-state index contributed by atoms with van der Waals surface area (Å²) in [6.07, 6.45) is 6.04. The highest BCUT2D eigenvalue weighted by atomic mass is 16.6. The smallest absolute Gasteiger partial charge is 0.290 e. The van der Waals surface area contributed by atoms with Crippen molar-refractivity contribution in [2.24, 2.45) is 0 Å². The zero-order valence-corrected chi connectivity index (χ0v) is 11.8. The van der Waals surface area contributed by atoms with Crippen LogP contribution in [0.3, 0.4) is 0 Å². The molecule has 0 amide bonds. The van der Waals surface area contributed by atoms with E-state index in [0.717, 1.165) is 25.7 Å². The lowest BCUT2D eigenvalue weighted by atomic mass is 9.94. The molecule has 1 aliphatic rings. The molecule has 1 saturated carbocycles. The Morgan fingerprint density at radius 1 is 1.35 bits per heavy atom. The number of rotatable bonds is 4. The van der Waals surface area contributed by atoms with Crippen LogP contribution in [0.4, 0.5) is 11.5 Å². The van der Waals surface area contributed by atoms with Crippen molar-refractivity contribution in [1.29, 1.82) is 0 Å². The predicted molar refractivity (Wildman–Crippen MR) is 76.8 cm³/mol. The van der Waals surface area contributed by atoms with Gasteiger partial charge in [-0.25, -0.2) is 4.98 Å². The monoisotopic (exact) mass is 279 g/mol. The molecule has 0 aromatic carbocycles. The average molecular weight is 279 g/mol. The molecule has 1 heterocycles. The van der Waals surface area contributed by atoms with Crippen molar-refractivity contribution >= 4 is 11.5 Å². The molecule has 1 aliphatic carbocycles. The molecule has 1 aromatic rings. The number of nitrogens with one attached hydrogen (secondary N) is 1. The van der Waals surface area contributed by atoms with Gasteiger partial charge in [0.15, 0.2) is 0 Å². The molecule has 0 unspecified atom stereocenters. The van der Waals surface area contributed by atoms with Crippen LogP contribution in [0.1, 0.15) is 44.2 Å².